The first-order valence-electron chi connectivity index (χ1n) is 6.54. The summed E-state index contributed by atoms with van der Waals surface area (Å²) in [6, 6.07) is 2.34. The molecule has 3 nitrogen and oxygen atoms in total. The molecule has 1 saturated carbocycles. The molecule has 2 rings (SSSR count). The summed E-state index contributed by atoms with van der Waals surface area (Å²) >= 11 is 0. The van der Waals surface area contributed by atoms with Crippen molar-refractivity contribution < 1.29 is 9.53 Å². The molecule has 1 heterocycles. The molecule has 0 aromatic carbocycles. The third kappa shape index (κ3) is 2.24. The van der Waals surface area contributed by atoms with E-state index in [1.54, 1.807) is 0 Å². The van der Waals surface area contributed by atoms with Crippen LogP contribution in [0.15, 0.2) is 0 Å². The van der Waals surface area contributed by atoms with Gasteiger partial charge >= 0.3 is 0 Å². The molecule has 1 atom stereocenters. The second-order valence-corrected chi connectivity index (χ2v) is 6.17. The van der Waals surface area contributed by atoms with Crippen LogP contribution in [0.2, 0.25) is 0 Å². The average Bonchev–Trinajstić information content (AvgIpc) is 2.55. The monoisotopic (exact) mass is 235 g/mol. The lowest BCUT2D eigenvalue weighted by atomic mass is 9.73. The van der Waals surface area contributed by atoms with Crippen LogP contribution in [-0.4, -0.2) is 19.0 Å². The van der Waals surface area contributed by atoms with Crippen molar-refractivity contribution in [3.05, 3.63) is 0 Å². The van der Waals surface area contributed by atoms with Crippen LogP contribution >= 0.6 is 0 Å². The van der Waals surface area contributed by atoms with Crippen LogP contribution in [0.25, 0.3) is 0 Å². The minimum Gasteiger partial charge on any atom is -0.381 e. The van der Waals surface area contributed by atoms with Gasteiger partial charge in [-0.05, 0) is 38.0 Å². The molecule has 0 bridgehead atoms. The van der Waals surface area contributed by atoms with Gasteiger partial charge in [-0.3, -0.25) is 4.79 Å². The van der Waals surface area contributed by atoms with Crippen molar-refractivity contribution in [3.8, 4) is 6.07 Å². The molecule has 0 aromatic rings. The van der Waals surface area contributed by atoms with Crippen LogP contribution in [-0.2, 0) is 9.53 Å². The predicted octanol–water partition coefficient (Wildman–Crippen LogP) is 2.70. The Hall–Kier alpha value is -0.880. The molecule has 1 unspecified atom stereocenters. The number of ketones is 1. The normalized spacial score (nSPS) is 33.6. The molecule has 0 aromatic heterocycles. The van der Waals surface area contributed by atoms with Crippen LogP contribution in [0.4, 0.5) is 0 Å². The number of hydrogen-bond donors (Lipinski definition) is 0. The van der Waals surface area contributed by atoms with Crippen LogP contribution < -0.4 is 0 Å². The molecule has 1 aliphatic carbocycles. The summed E-state index contributed by atoms with van der Waals surface area (Å²) < 4.78 is 5.33. The van der Waals surface area contributed by atoms with Gasteiger partial charge in [0.2, 0.25) is 0 Å². The standard InChI is InChI=1S/C14H21NO2/c1-13(2)5-6-14(10-15,12(13)16)9-11-3-7-17-8-4-11/h11H,3-9H2,1-2H3. The van der Waals surface area contributed by atoms with Gasteiger partial charge < -0.3 is 4.74 Å². The molecule has 94 valence electrons. The highest BCUT2D eigenvalue weighted by Crippen LogP contribution is 2.49. The lowest BCUT2D eigenvalue weighted by molar-refractivity contribution is -0.131. The van der Waals surface area contributed by atoms with Gasteiger partial charge in [0.05, 0.1) is 6.07 Å². The Labute approximate surface area is 103 Å². The Morgan fingerprint density at radius 2 is 2.00 bits per heavy atom. The number of carbonyl (C=O) groups excluding carboxylic acids is 1. The highest BCUT2D eigenvalue weighted by Gasteiger charge is 2.52. The molecule has 0 radical (unpaired) electrons. The van der Waals surface area contributed by atoms with Gasteiger partial charge in [0.15, 0.2) is 5.78 Å². The summed E-state index contributed by atoms with van der Waals surface area (Å²) in [4.78, 5) is 12.4. The van der Waals surface area contributed by atoms with E-state index in [2.05, 4.69) is 6.07 Å². The van der Waals surface area contributed by atoms with Crippen molar-refractivity contribution in [2.45, 2.75) is 46.0 Å². The van der Waals surface area contributed by atoms with E-state index in [1.807, 2.05) is 13.8 Å². The summed E-state index contributed by atoms with van der Waals surface area (Å²) in [5.41, 5.74) is -1.01. The quantitative estimate of drug-likeness (QED) is 0.739. The van der Waals surface area contributed by atoms with Crippen molar-refractivity contribution in [1.29, 1.82) is 5.26 Å². The molecular formula is C14H21NO2. The number of rotatable bonds is 2. The van der Waals surface area contributed by atoms with Gasteiger partial charge in [-0.15, -0.1) is 0 Å². The van der Waals surface area contributed by atoms with Gasteiger partial charge in [-0.1, -0.05) is 13.8 Å². The number of nitrogens with zero attached hydrogens (tertiary/aromatic N) is 1. The molecule has 2 fully saturated rings. The maximum atomic E-state index is 12.4. The van der Waals surface area contributed by atoms with Gasteiger partial charge in [0, 0.05) is 18.6 Å². The fourth-order valence-corrected chi connectivity index (χ4v) is 3.19. The Kier molecular flexibility index (Phi) is 3.27. The zero-order valence-corrected chi connectivity index (χ0v) is 10.8. The minimum absolute atomic E-state index is 0.166. The van der Waals surface area contributed by atoms with Crippen LogP contribution in [0, 0.1) is 28.1 Å². The molecule has 1 saturated heterocycles. The lowest BCUT2D eigenvalue weighted by Crippen LogP contribution is -2.34. The van der Waals surface area contributed by atoms with Crippen molar-refractivity contribution in [2.75, 3.05) is 13.2 Å². The van der Waals surface area contributed by atoms with Crippen molar-refractivity contribution in [3.63, 3.8) is 0 Å². The van der Waals surface area contributed by atoms with E-state index >= 15 is 0 Å². The lowest BCUT2D eigenvalue weighted by Gasteiger charge is -2.29. The van der Waals surface area contributed by atoms with Gasteiger partial charge in [0.1, 0.15) is 5.41 Å². The van der Waals surface area contributed by atoms with E-state index in [0.717, 1.165) is 45.3 Å². The number of Topliss-reactive ketones (excluding diaryl/α,β-unsaturated/α-hetero) is 1. The van der Waals surface area contributed by atoms with Crippen LogP contribution in [0.1, 0.15) is 46.0 Å². The first-order valence-corrected chi connectivity index (χ1v) is 6.54. The summed E-state index contributed by atoms with van der Waals surface area (Å²) in [7, 11) is 0. The third-order valence-corrected chi connectivity index (χ3v) is 4.42. The molecule has 3 heteroatoms. The molecule has 2 aliphatic rings. The van der Waals surface area contributed by atoms with Gasteiger partial charge in [-0.25, -0.2) is 0 Å². The number of ether oxygens (including phenoxy) is 1. The SMILES string of the molecule is CC1(C)CCC(C#N)(CC2CCOCC2)C1=O. The van der Waals surface area contributed by atoms with Crippen LogP contribution in [0.3, 0.4) is 0 Å². The topological polar surface area (TPSA) is 50.1 Å². The molecule has 0 spiro atoms. The van der Waals surface area contributed by atoms with Gasteiger partial charge in [0.25, 0.3) is 0 Å². The van der Waals surface area contributed by atoms with Crippen molar-refractivity contribution >= 4 is 5.78 Å². The van der Waals surface area contributed by atoms with E-state index in [4.69, 9.17) is 4.74 Å². The Bertz CT molecular complexity index is 350. The first kappa shape index (κ1) is 12.6. The highest BCUT2D eigenvalue weighted by atomic mass is 16.5. The van der Waals surface area contributed by atoms with Crippen molar-refractivity contribution in [2.24, 2.45) is 16.7 Å². The van der Waals surface area contributed by atoms with Crippen molar-refractivity contribution in [1.82, 2.24) is 0 Å². The summed E-state index contributed by atoms with van der Waals surface area (Å²) in [6.07, 6.45) is 4.33. The zero-order chi connectivity index (χ0) is 12.5. The Balaban J connectivity index is 2.11. The number of hydrogen-bond acceptors (Lipinski definition) is 3. The highest BCUT2D eigenvalue weighted by molar-refractivity contribution is 5.94. The summed E-state index contributed by atoms with van der Waals surface area (Å²) in [6.45, 7) is 5.50. The maximum absolute atomic E-state index is 12.4. The molecule has 0 amide bonds. The smallest absolute Gasteiger partial charge is 0.158 e. The second-order valence-electron chi connectivity index (χ2n) is 6.17. The van der Waals surface area contributed by atoms with E-state index < -0.39 is 5.41 Å². The number of carbonyl (C=O) groups is 1. The van der Waals surface area contributed by atoms with E-state index in [0.29, 0.717) is 5.92 Å². The predicted molar refractivity (Wildman–Crippen MR) is 64.2 cm³/mol. The van der Waals surface area contributed by atoms with Gasteiger partial charge in [-0.2, -0.15) is 5.26 Å². The molecule has 1 aliphatic heterocycles. The maximum Gasteiger partial charge on any atom is 0.158 e. The molecule has 0 N–H and O–H groups in total. The van der Waals surface area contributed by atoms with E-state index in [-0.39, 0.29) is 11.2 Å². The average molecular weight is 235 g/mol. The molecule has 17 heavy (non-hydrogen) atoms. The largest absolute Gasteiger partial charge is 0.381 e. The second kappa shape index (κ2) is 4.42. The van der Waals surface area contributed by atoms with Crippen LogP contribution in [0.5, 0.6) is 0 Å². The first-order chi connectivity index (χ1) is 8.00. The minimum atomic E-state index is -0.703. The number of nitriles is 1. The van der Waals surface area contributed by atoms with E-state index in [9.17, 15) is 10.1 Å². The zero-order valence-electron chi connectivity index (χ0n) is 10.8. The Morgan fingerprint density at radius 3 is 2.47 bits per heavy atom. The summed E-state index contributed by atoms with van der Waals surface area (Å²) in [5.74, 6) is 0.653. The fourth-order valence-electron chi connectivity index (χ4n) is 3.19. The summed E-state index contributed by atoms with van der Waals surface area (Å²) in [5, 5.41) is 9.45. The molecular weight excluding hydrogens is 214 g/mol. The fraction of sp³-hybridized carbons (Fsp3) is 0.857. The van der Waals surface area contributed by atoms with E-state index in [1.165, 1.54) is 0 Å². The third-order valence-electron chi connectivity index (χ3n) is 4.42. The Morgan fingerprint density at radius 1 is 1.35 bits per heavy atom.